The Bertz CT molecular complexity index is 106. The third-order valence-corrected chi connectivity index (χ3v) is 2.22. The third-order valence-electron chi connectivity index (χ3n) is 0.942. The molecule has 0 aliphatic rings. The van der Waals surface area contributed by atoms with Crippen LogP contribution in [-0.2, 0) is 14.0 Å². The molecule has 0 radical (unpaired) electrons. The first-order valence-electron chi connectivity index (χ1n) is 3.01. The van der Waals surface area contributed by atoms with Crippen LogP contribution in [0.5, 0.6) is 0 Å². The molecule has 1 N–H and O–H groups in total. The molecule has 0 spiro atoms. The normalized spacial score (nSPS) is 12.7. The van der Waals surface area contributed by atoms with Crippen LogP contribution < -0.4 is 0 Å². The molecule has 0 bridgehead atoms. The minimum absolute atomic E-state index is 0.260. The first-order chi connectivity index (χ1) is 4.66. The molecule has 0 rings (SSSR count). The molecule has 10 heavy (non-hydrogen) atoms. The Morgan fingerprint density at radius 1 is 1.70 bits per heavy atom. The van der Waals surface area contributed by atoms with Gasteiger partial charge in [0.1, 0.15) is 0 Å². The van der Waals surface area contributed by atoms with E-state index in [0.29, 0.717) is 6.04 Å². The molecule has 0 aromatic carbocycles. The smallest absolute Gasteiger partial charge is 0.321 e. The molecule has 0 saturated heterocycles. The van der Waals surface area contributed by atoms with Gasteiger partial charge in [0.05, 0.1) is 6.61 Å². The molecule has 0 aromatic rings. The van der Waals surface area contributed by atoms with Gasteiger partial charge in [0.2, 0.25) is 0 Å². The van der Waals surface area contributed by atoms with Gasteiger partial charge in [-0.3, -0.25) is 4.79 Å². The fourth-order valence-electron chi connectivity index (χ4n) is 0.421. The van der Waals surface area contributed by atoms with Gasteiger partial charge in [-0.2, -0.15) is 0 Å². The molecule has 0 aliphatic heterocycles. The van der Waals surface area contributed by atoms with Gasteiger partial charge < -0.3 is 14.0 Å². The summed E-state index contributed by atoms with van der Waals surface area (Å²) < 4.78 is 9.21. The zero-order valence-electron chi connectivity index (χ0n) is 6.16. The Labute approximate surface area is 61.6 Å². The summed E-state index contributed by atoms with van der Waals surface area (Å²) >= 11 is 0. The van der Waals surface area contributed by atoms with Crippen LogP contribution in [0, 0.1) is 0 Å². The lowest BCUT2D eigenvalue weighted by Gasteiger charge is -2.04. The maximum absolute atomic E-state index is 10.2. The lowest BCUT2D eigenvalue weighted by Crippen LogP contribution is -2.18. The zero-order valence-corrected chi connectivity index (χ0v) is 7.32. The third kappa shape index (κ3) is 5.74. The summed E-state index contributed by atoms with van der Waals surface area (Å²) in [6.07, 6.45) is 0. The van der Waals surface area contributed by atoms with Gasteiger partial charge in [-0.25, -0.2) is 0 Å². The quantitative estimate of drug-likeness (QED) is 0.445. The number of rotatable bonds is 4. The predicted molar refractivity (Wildman–Crippen MR) is 37.8 cm³/mol. The number of carbonyl (C=O) groups excluding carboxylic acids is 1. The van der Waals surface area contributed by atoms with Gasteiger partial charge in [-0.05, 0) is 0 Å². The van der Waals surface area contributed by atoms with Crippen molar-refractivity contribution in [2.24, 2.45) is 0 Å². The summed E-state index contributed by atoms with van der Waals surface area (Å²) in [5.41, 5.74) is 0. The van der Waals surface area contributed by atoms with Crippen molar-refractivity contribution in [3.8, 4) is 0 Å². The highest BCUT2D eigenvalue weighted by molar-refractivity contribution is 6.42. The van der Waals surface area contributed by atoms with E-state index in [2.05, 4.69) is 9.16 Å². The van der Waals surface area contributed by atoms with E-state index >= 15 is 0 Å². The molecule has 1 unspecified atom stereocenters. The highest BCUT2D eigenvalue weighted by Gasteiger charge is 2.05. The number of hydrogen-bond donors (Lipinski definition) is 1. The van der Waals surface area contributed by atoms with E-state index in [1.54, 1.807) is 0 Å². The van der Waals surface area contributed by atoms with Crippen molar-refractivity contribution in [1.82, 2.24) is 0 Å². The van der Waals surface area contributed by atoms with E-state index < -0.39 is 9.28 Å². The molecular formula is C5H12O4Si. The SMILES string of the molecule is CO[SiH](O)CCOC(C)=O. The highest BCUT2D eigenvalue weighted by Crippen LogP contribution is 1.89. The Morgan fingerprint density at radius 3 is 2.70 bits per heavy atom. The maximum Gasteiger partial charge on any atom is 0.321 e. The van der Waals surface area contributed by atoms with Crippen molar-refractivity contribution >= 4 is 15.3 Å². The van der Waals surface area contributed by atoms with Crippen LogP contribution in [0.25, 0.3) is 0 Å². The number of carbonyl (C=O) groups is 1. The molecule has 4 nitrogen and oxygen atoms in total. The standard InChI is InChI=1S/C5H12O4Si/c1-5(6)9-3-4-10(7)8-2/h7,10H,3-4H2,1-2H3. The van der Waals surface area contributed by atoms with Gasteiger partial charge in [-0.1, -0.05) is 0 Å². The maximum atomic E-state index is 10.2. The topological polar surface area (TPSA) is 55.8 Å². The largest absolute Gasteiger partial charge is 0.466 e. The van der Waals surface area contributed by atoms with Gasteiger partial charge in [0.25, 0.3) is 0 Å². The second-order valence-electron chi connectivity index (χ2n) is 1.82. The zero-order chi connectivity index (χ0) is 7.98. The molecule has 0 aromatic heterocycles. The lowest BCUT2D eigenvalue weighted by molar-refractivity contribution is -0.140. The average molecular weight is 164 g/mol. The number of hydrogen-bond acceptors (Lipinski definition) is 4. The van der Waals surface area contributed by atoms with E-state index in [0.717, 1.165) is 0 Å². The predicted octanol–water partition coefficient (Wildman–Crippen LogP) is -0.591. The Hall–Kier alpha value is -0.393. The van der Waals surface area contributed by atoms with Crippen LogP contribution in [0.15, 0.2) is 0 Å². The monoisotopic (exact) mass is 164 g/mol. The Morgan fingerprint density at radius 2 is 2.30 bits per heavy atom. The van der Waals surface area contributed by atoms with E-state index in [-0.39, 0.29) is 12.6 Å². The van der Waals surface area contributed by atoms with Crippen LogP contribution >= 0.6 is 0 Å². The molecule has 5 heteroatoms. The average Bonchev–Trinajstić information content (AvgIpc) is 1.87. The van der Waals surface area contributed by atoms with E-state index in [1.165, 1.54) is 14.0 Å². The summed E-state index contributed by atoms with van der Waals surface area (Å²) in [6, 6.07) is 0.454. The first-order valence-corrected chi connectivity index (χ1v) is 4.81. The van der Waals surface area contributed by atoms with Crippen molar-refractivity contribution in [2.75, 3.05) is 13.7 Å². The molecule has 1 atom stereocenters. The summed E-state index contributed by atoms with van der Waals surface area (Å²) in [4.78, 5) is 19.1. The number of ether oxygens (including phenoxy) is 1. The summed E-state index contributed by atoms with van der Waals surface area (Å²) in [5, 5.41) is 0. The minimum Gasteiger partial charge on any atom is -0.466 e. The fourth-order valence-corrected chi connectivity index (χ4v) is 0.977. The molecule has 60 valence electrons. The molecule has 0 heterocycles. The van der Waals surface area contributed by atoms with Crippen LogP contribution in [0.3, 0.4) is 0 Å². The van der Waals surface area contributed by atoms with E-state index in [9.17, 15) is 4.79 Å². The van der Waals surface area contributed by atoms with Crippen molar-refractivity contribution in [1.29, 1.82) is 0 Å². The summed E-state index contributed by atoms with van der Waals surface area (Å²) in [5.74, 6) is -0.322. The van der Waals surface area contributed by atoms with Crippen molar-refractivity contribution in [3.63, 3.8) is 0 Å². The van der Waals surface area contributed by atoms with Gasteiger partial charge in [0.15, 0.2) is 0 Å². The summed E-state index contributed by atoms with van der Waals surface area (Å²) in [7, 11) is -0.568. The fraction of sp³-hybridized carbons (Fsp3) is 0.800. The molecular weight excluding hydrogens is 152 g/mol. The van der Waals surface area contributed by atoms with Crippen LogP contribution in [-0.4, -0.2) is 33.8 Å². The highest BCUT2D eigenvalue weighted by atomic mass is 28.3. The molecule has 0 fully saturated rings. The van der Waals surface area contributed by atoms with Gasteiger partial charge in [0, 0.05) is 20.1 Å². The van der Waals surface area contributed by atoms with Crippen LogP contribution in [0.1, 0.15) is 6.92 Å². The second kappa shape index (κ2) is 5.40. The first kappa shape index (κ1) is 9.61. The lowest BCUT2D eigenvalue weighted by atomic mass is 10.8. The minimum atomic E-state index is -2.02. The Balaban J connectivity index is 3.11. The van der Waals surface area contributed by atoms with E-state index in [1.807, 2.05) is 0 Å². The molecule has 0 aliphatic carbocycles. The van der Waals surface area contributed by atoms with Crippen LogP contribution in [0.4, 0.5) is 0 Å². The van der Waals surface area contributed by atoms with E-state index in [4.69, 9.17) is 4.80 Å². The van der Waals surface area contributed by atoms with Crippen molar-refractivity contribution < 1.29 is 18.8 Å². The van der Waals surface area contributed by atoms with Gasteiger partial charge in [-0.15, -0.1) is 0 Å². The Kier molecular flexibility index (Phi) is 5.18. The van der Waals surface area contributed by atoms with Gasteiger partial charge >= 0.3 is 15.3 Å². The summed E-state index contributed by atoms with van der Waals surface area (Å²) in [6.45, 7) is 1.59. The number of esters is 1. The van der Waals surface area contributed by atoms with Crippen molar-refractivity contribution in [3.05, 3.63) is 0 Å². The second-order valence-corrected chi connectivity index (χ2v) is 3.78. The molecule has 0 amide bonds. The molecule has 0 saturated carbocycles. The van der Waals surface area contributed by atoms with Crippen molar-refractivity contribution in [2.45, 2.75) is 13.0 Å². The van der Waals surface area contributed by atoms with Crippen LogP contribution in [0.2, 0.25) is 6.04 Å².